The lowest BCUT2D eigenvalue weighted by atomic mass is 10.2. The molecule has 0 bridgehead atoms. The van der Waals surface area contributed by atoms with Gasteiger partial charge in [-0.25, -0.2) is 0 Å². The summed E-state index contributed by atoms with van der Waals surface area (Å²) in [7, 11) is 0. The monoisotopic (exact) mass is 195 g/mol. The Morgan fingerprint density at radius 1 is 1.57 bits per heavy atom. The maximum atomic E-state index is 10.6. The molecule has 5 nitrogen and oxygen atoms in total. The Balaban J connectivity index is 2.96. The van der Waals surface area contributed by atoms with E-state index in [0.717, 1.165) is 6.42 Å². The molecule has 0 fully saturated rings. The smallest absolute Gasteiger partial charge is 0.294 e. The van der Waals surface area contributed by atoms with Gasteiger partial charge >= 0.3 is 0 Å². The zero-order valence-corrected chi connectivity index (χ0v) is 7.99. The molecule has 0 spiro atoms. The lowest BCUT2D eigenvalue weighted by molar-refractivity contribution is -0.383. The molecule has 0 heterocycles. The summed E-state index contributed by atoms with van der Waals surface area (Å²) in [6, 6.07) is 4.63. The van der Waals surface area contributed by atoms with Crippen molar-refractivity contribution in [2.45, 2.75) is 13.3 Å². The van der Waals surface area contributed by atoms with E-state index >= 15 is 0 Å². The normalized spacial score (nSPS) is 9.79. The van der Waals surface area contributed by atoms with Crippen LogP contribution in [0.3, 0.4) is 0 Å². The van der Waals surface area contributed by atoms with E-state index in [2.05, 4.69) is 5.32 Å². The zero-order valence-electron chi connectivity index (χ0n) is 7.99. The molecule has 0 unspecified atom stereocenters. The zero-order chi connectivity index (χ0) is 10.6. The Kier molecular flexibility index (Phi) is 3.28. The minimum atomic E-state index is -0.436. The molecular formula is C9H13N3O2. The largest absolute Gasteiger partial charge is 0.399 e. The standard InChI is InChI=1S/C9H13N3O2/c1-2-5-11-8-4-3-7(10)6-9(8)12(13)14/h3-4,6,11H,2,5,10H2,1H3. The molecule has 0 atom stereocenters. The van der Waals surface area contributed by atoms with E-state index in [1.165, 1.54) is 6.07 Å². The predicted octanol–water partition coefficient (Wildman–Crippen LogP) is 2.00. The van der Waals surface area contributed by atoms with Crippen LogP contribution in [0.2, 0.25) is 0 Å². The second kappa shape index (κ2) is 4.45. The molecule has 1 aromatic rings. The quantitative estimate of drug-likeness (QED) is 0.437. The third-order valence-electron chi connectivity index (χ3n) is 1.78. The highest BCUT2D eigenvalue weighted by atomic mass is 16.6. The lowest BCUT2D eigenvalue weighted by Crippen LogP contribution is -2.03. The van der Waals surface area contributed by atoms with E-state index in [0.29, 0.717) is 17.9 Å². The van der Waals surface area contributed by atoms with Crippen molar-refractivity contribution >= 4 is 17.1 Å². The number of nitrogens with zero attached hydrogens (tertiary/aromatic N) is 1. The van der Waals surface area contributed by atoms with E-state index in [1.54, 1.807) is 12.1 Å². The molecular weight excluding hydrogens is 182 g/mol. The Morgan fingerprint density at radius 2 is 2.29 bits per heavy atom. The maximum absolute atomic E-state index is 10.6. The van der Waals surface area contributed by atoms with Crippen molar-refractivity contribution in [2.24, 2.45) is 0 Å². The SMILES string of the molecule is CCCNc1ccc(N)cc1[N+](=O)[O-]. The molecule has 14 heavy (non-hydrogen) atoms. The van der Waals surface area contributed by atoms with E-state index in [4.69, 9.17) is 5.73 Å². The Hall–Kier alpha value is -1.78. The van der Waals surface area contributed by atoms with Crippen molar-refractivity contribution in [2.75, 3.05) is 17.6 Å². The first-order chi connectivity index (χ1) is 6.65. The predicted molar refractivity (Wildman–Crippen MR) is 56.3 cm³/mol. The van der Waals surface area contributed by atoms with Crippen LogP contribution in [0.15, 0.2) is 18.2 Å². The van der Waals surface area contributed by atoms with Crippen LogP contribution < -0.4 is 11.1 Å². The van der Waals surface area contributed by atoms with Crippen molar-refractivity contribution in [1.29, 1.82) is 0 Å². The average Bonchev–Trinajstić information content (AvgIpc) is 2.15. The fraction of sp³-hybridized carbons (Fsp3) is 0.333. The summed E-state index contributed by atoms with van der Waals surface area (Å²) in [5.41, 5.74) is 6.41. The number of nitro groups is 1. The summed E-state index contributed by atoms with van der Waals surface area (Å²) in [4.78, 5) is 10.2. The van der Waals surface area contributed by atoms with Crippen LogP contribution >= 0.6 is 0 Å². The van der Waals surface area contributed by atoms with Crippen molar-refractivity contribution in [1.82, 2.24) is 0 Å². The number of benzene rings is 1. The first-order valence-corrected chi connectivity index (χ1v) is 4.43. The summed E-state index contributed by atoms with van der Waals surface area (Å²) in [5.74, 6) is 0. The van der Waals surface area contributed by atoms with Gasteiger partial charge in [0.05, 0.1) is 4.92 Å². The van der Waals surface area contributed by atoms with Gasteiger partial charge in [0.25, 0.3) is 5.69 Å². The van der Waals surface area contributed by atoms with E-state index < -0.39 is 4.92 Å². The molecule has 1 rings (SSSR count). The molecule has 0 aliphatic carbocycles. The van der Waals surface area contributed by atoms with Crippen LogP contribution in [-0.4, -0.2) is 11.5 Å². The van der Waals surface area contributed by atoms with Crippen molar-refractivity contribution in [3.05, 3.63) is 28.3 Å². The highest BCUT2D eigenvalue weighted by Crippen LogP contribution is 2.26. The third-order valence-corrected chi connectivity index (χ3v) is 1.78. The minimum Gasteiger partial charge on any atom is -0.399 e. The van der Waals surface area contributed by atoms with E-state index in [9.17, 15) is 10.1 Å². The van der Waals surface area contributed by atoms with Crippen LogP contribution in [0.1, 0.15) is 13.3 Å². The molecule has 1 aromatic carbocycles. The molecule has 5 heteroatoms. The number of rotatable bonds is 4. The van der Waals surface area contributed by atoms with Crippen LogP contribution in [0.25, 0.3) is 0 Å². The number of nitrogen functional groups attached to an aromatic ring is 1. The number of nitro benzene ring substituents is 1. The van der Waals surface area contributed by atoms with Crippen molar-refractivity contribution < 1.29 is 4.92 Å². The maximum Gasteiger partial charge on any atom is 0.294 e. The molecule has 0 aliphatic heterocycles. The molecule has 76 valence electrons. The number of hydrogen-bond acceptors (Lipinski definition) is 4. The Morgan fingerprint density at radius 3 is 2.86 bits per heavy atom. The molecule has 0 amide bonds. The summed E-state index contributed by atoms with van der Waals surface area (Å²) in [5, 5.41) is 13.6. The minimum absolute atomic E-state index is 0.0263. The molecule has 0 saturated carbocycles. The molecule has 0 saturated heterocycles. The van der Waals surface area contributed by atoms with Crippen LogP contribution in [-0.2, 0) is 0 Å². The van der Waals surface area contributed by atoms with Crippen LogP contribution in [0.5, 0.6) is 0 Å². The first kappa shape index (κ1) is 10.3. The third kappa shape index (κ3) is 2.35. The van der Waals surface area contributed by atoms with Gasteiger partial charge in [-0.15, -0.1) is 0 Å². The van der Waals surface area contributed by atoms with Gasteiger partial charge in [0.2, 0.25) is 0 Å². The van der Waals surface area contributed by atoms with Crippen LogP contribution in [0, 0.1) is 10.1 Å². The number of nitrogens with one attached hydrogen (secondary N) is 1. The van der Waals surface area contributed by atoms with E-state index in [1.807, 2.05) is 6.92 Å². The second-order valence-corrected chi connectivity index (χ2v) is 2.96. The first-order valence-electron chi connectivity index (χ1n) is 4.43. The molecule has 0 aromatic heterocycles. The summed E-state index contributed by atoms with van der Waals surface area (Å²) in [6.45, 7) is 2.71. The van der Waals surface area contributed by atoms with Gasteiger partial charge in [-0.1, -0.05) is 6.92 Å². The topological polar surface area (TPSA) is 81.2 Å². The lowest BCUT2D eigenvalue weighted by Gasteiger charge is -2.05. The van der Waals surface area contributed by atoms with Crippen molar-refractivity contribution in [3.8, 4) is 0 Å². The Bertz CT molecular complexity index is 339. The van der Waals surface area contributed by atoms with Gasteiger partial charge in [-0.05, 0) is 18.6 Å². The van der Waals surface area contributed by atoms with Gasteiger partial charge in [0.1, 0.15) is 5.69 Å². The van der Waals surface area contributed by atoms with Crippen LogP contribution in [0.4, 0.5) is 17.1 Å². The number of anilines is 2. The van der Waals surface area contributed by atoms with Gasteiger partial charge in [-0.2, -0.15) is 0 Å². The molecule has 0 radical (unpaired) electrons. The van der Waals surface area contributed by atoms with Gasteiger partial charge < -0.3 is 11.1 Å². The van der Waals surface area contributed by atoms with Gasteiger partial charge in [0.15, 0.2) is 0 Å². The van der Waals surface area contributed by atoms with Gasteiger partial charge in [-0.3, -0.25) is 10.1 Å². The Labute approximate surface area is 82.1 Å². The van der Waals surface area contributed by atoms with E-state index in [-0.39, 0.29) is 5.69 Å². The molecule has 3 N–H and O–H groups in total. The average molecular weight is 195 g/mol. The highest BCUT2D eigenvalue weighted by Gasteiger charge is 2.12. The fourth-order valence-electron chi connectivity index (χ4n) is 1.11. The fourth-order valence-corrected chi connectivity index (χ4v) is 1.11. The summed E-state index contributed by atoms with van der Waals surface area (Å²) < 4.78 is 0. The summed E-state index contributed by atoms with van der Waals surface area (Å²) in [6.07, 6.45) is 0.918. The number of nitrogens with two attached hydrogens (primary N) is 1. The molecule has 0 aliphatic rings. The van der Waals surface area contributed by atoms with Gasteiger partial charge in [0, 0.05) is 18.3 Å². The second-order valence-electron chi connectivity index (χ2n) is 2.96. The highest BCUT2D eigenvalue weighted by molar-refractivity contribution is 5.66. The van der Waals surface area contributed by atoms with Crippen molar-refractivity contribution in [3.63, 3.8) is 0 Å². The summed E-state index contributed by atoms with van der Waals surface area (Å²) >= 11 is 0. The number of hydrogen-bond donors (Lipinski definition) is 2.